The van der Waals surface area contributed by atoms with Crippen LogP contribution in [-0.2, 0) is 4.74 Å². The molecule has 0 N–H and O–H groups in total. The maximum Gasteiger partial charge on any atom is 0.151 e. The first-order chi connectivity index (χ1) is 7.90. The first-order valence-electron chi connectivity index (χ1n) is 5.07. The van der Waals surface area contributed by atoms with E-state index in [1.807, 2.05) is 18.2 Å². The summed E-state index contributed by atoms with van der Waals surface area (Å²) in [5.74, 6) is 0.938. The van der Waals surface area contributed by atoms with E-state index < -0.39 is 0 Å². The molecule has 2 aromatic rings. The van der Waals surface area contributed by atoms with Crippen LogP contribution in [0.5, 0.6) is 0 Å². The molecule has 1 heterocycles. The predicted octanol–water partition coefficient (Wildman–Crippen LogP) is 3.59. The number of rotatable bonds is 6. The summed E-state index contributed by atoms with van der Waals surface area (Å²) in [4.78, 5) is 4.54. The zero-order valence-electron chi connectivity index (χ0n) is 8.89. The van der Waals surface area contributed by atoms with E-state index in [1.165, 1.54) is 4.70 Å². The molecule has 1 aromatic heterocycles. The lowest BCUT2D eigenvalue weighted by molar-refractivity contribution is 0.180. The van der Waals surface area contributed by atoms with E-state index in [4.69, 9.17) is 4.74 Å². The second-order valence-corrected chi connectivity index (χ2v) is 5.53. The van der Waals surface area contributed by atoms with Gasteiger partial charge in [0, 0.05) is 5.75 Å². The van der Waals surface area contributed by atoms with Gasteiger partial charge in [0.05, 0.1) is 23.4 Å². The molecule has 2 nitrogen and oxygen atoms in total. The quantitative estimate of drug-likeness (QED) is 0.445. The topological polar surface area (TPSA) is 22.1 Å². The molecule has 0 fully saturated rings. The van der Waals surface area contributed by atoms with Gasteiger partial charge >= 0.3 is 0 Å². The highest BCUT2D eigenvalue weighted by atomic mass is 32.2. The van der Waals surface area contributed by atoms with E-state index >= 15 is 0 Å². The Morgan fingerprint density at radius 3 is 3.12 bits per heavy atom. The van der Waals surface area contributed by atoms with Crippen molar-refractivity contribution >= 4 is 33.3 Å². The summed E-state index contributed by atoms with van der Waals surface area (Å²) >= 11 is 3.48. The van der Waals surface area contributed by atoms with Crippen LogP contribution >= 0.6 is 23.1 Å². The summed E-state index contributed by atoms with van der Waals surface area (Å²) in [6.07, 6.45) is 1.77. The van der Waals surface area contributed by atoms with Crippen LogP contribution in [0, 0.1) is 0 Å². The largest absolute Gasteiger partial charge is 0.377 e. The molecule has 0 unspecified atom stereocenters. The van der Waals surface area contributed by atoms with Crippen LogP contribution in [0.25, 0.3) is 10.2 Å². The second-order valence-electron chi connectivity index (χ2n) is 3.16. The maximum atomic E-state index is 5.32. The minimum absolute atomic E-state index is 0.625. The Morgan fingerprint density at radius 1 is 1.44 bits per heavy atom. The van der Waals surface area contributed by atoms with Crippen LogP contribution in [0.3, 0.4) is 0 Å². The lowest BCUT2D eigenvalue weighted by Gasteiger charge is -1.98. The van der Waals surface area contributed by atoms with Crippen molar-refractivity contribution in [2.24, 2.45) is 0 Å². The third-order valence-corrected chi connectivity index (χ3v) is 4.11. The molecule has 0 amide bonds. The van der Waals surface area contributed by atoms with Crippen molar-refractivity contribution in [3.05, 3.63) is 36.9 Å². The molecule has 2 rings (SSSR count). The van der Waals surface area contributed by atoms with Gasteiger partial charge in [-0.25, -0.2) is 4.98 Å². The predicted molar refractivity (Wildman–Crippen MR) is 71.4 cm³/mol. The highest BCUT2D eigenvalue weighted by molar-refractivity contribution is 8.01. The number of aromatic nitrogens is 1. The standard InChI is InChI=1S/C12H13NOS2/c1-2-7-14-8-9-15-12-13-10-5-3-4-6-11(10)16-12/h2-6H,1,7-9H2. The van der Waals surface area contributed by atoms with E-state index in [2.05, 4.69) is 17.6 Å². The Balaban J connectivity index is 1.87. The van der Waals surface area contributed by atoms with Gasteiger partial charge in [0.25, 0.3) is 0 Å². The molecule has 1 aromatic carbocycles. The molecule has 0 saturated heterocycles. The lowest BCUT2D eigenvalue weighted by Crippen LogP contribution is -1.96. The fourth-order valence-electron chi connectivity index (χ4n) is 1.27. The van der Waals surface area contributed by atoms with Crippen LogP contribution in [-0.4, -0.2) is 24.0 Å². The van der Waals surface area contributed by atoms with Gasteiger partial charge in [0.15, 0.2) is 4.34 Å². The van der Waals surface area contributed by atoms with Crippen molar-refractivity contribution in [3.63, 3.8) is 0 Å². The van der Waals surface area contributed by atoms with Crippen LogP contribution < -0.4 is 0 Å². The average molecular weight is 251 g/mol. The van der Waals surface area contributed by atoms with E-state index in [1.54, 1.807) is 29.2 Å². The molecular formula is C12H13NOS2. The zero-order chi connectivity index (χ0) is 11.2. The van der Waals surface area contributed by atoms with Gasteiger partial charge < -0.3 is 4.74 Å². The molecular weight excluding hydrogens is 238 g/mol. The summed E-state index contributed by atoms with van der Waals surface area (Å²) in [6.45, 7) is 4.97. The smallest absolute Gasteiger partial charge is 0.151 e. The van der Waals surface area contributed by atoms with Crippen molar-refractivity contribution in [2.45, 2.75) is 4.34 Å². The van der Waals surface area contributed by atoms with Crippen molar-refractivity contribution in [1.82, 2.24) is 4.98 Å². The number of hydrogen-bond donors (Lipinski definition) is 0. The van der Waals surface area contributed by atoms with Gasteiger partial charge in [-0.1, -0.05) is 30.0 Å². The van der Waals surface area contributed by atoms with Gasteiger partial charge in [-0.3, -0.25) is 0 Å². The number of fused-ring (bicyclic) bond motifs is 1. The van der Waals surface area contributed by atoms with E-state index in [-0.39, 0.29) is 0 Å². The molecule has 16 heavy (non-hydrogen) atoms. The van der Waals surface area contributed by atoms with Crippen molar-refractivity contribution in [3.8, 4) is 0 Å². The van der Waals surface area contributed by atoms with Crippen molar-refractivity contribution < 1.29 is 4.74 Å². The summed E-state index contributed by atoms with van der Waals surface area (Å²) in [5, 5.41) is 0. The van der Waals surface area contributed by atoms with E-state index in [0.717, 1.165) is 22.2 Å². The number of nitrogens with zero attached hydrogens (tertiary/aromatic N) is 1. The minimum atomic E-state index is 0.625. The second kappa shape index (κ2) is 6.03. The van der Waals surface area contributed by atoms with Crippen molar-refractivity contribution in [1.29, 1.82) is 0 Å². The molecule has 0 atom stereocenters. The number of ether oxygens (including phenoxy) is 1. The van der Waals surface area contributed by atoms with Crippen molar-refractivity contribution in [2.75, 3.05) is 19.0 Å². The molecule has 0 saturated carbocycles. The normalized spacial score (nSPS) is 10.8. The molecule has 84 valence electrons. The molecule has 0 aliphatic rings. The molecule has 4 heteroatoms. The third-order valence-electron chi connectivity index (χ3n) is 1.96. The van der Waals surface area contributed by atoms with E-state index in [0.29, 0.717) is 6.61 Å². The maximum absolute atomic E-state index is 5.32. The van der Waals surface area contributed by atoms with Crippen LogP contribution in [0.4, 0.5) is 0 Å². The van der Waals surface area contributed by atoms with Crippen LogP contribution in [0.1, 0.15) is 0 Å². The van der Waals surface area contributed by atoms with Crippen LogP contribution in [0.2, 0.25) is 0 Å². The monoisotopic (exact) mass is 251 g/mol. The van der Waals surface area contributed by atoms with Gasteiger partial charge in [-0.2, -0.15) is 0 Å². The Labute approximate surface area is 103 Å². The summed E-state index contributed by atoms with van der Waals surface area (Å²) in [6, 6.07) is 8.21. The first-order valence-corrected chi connectivity index (χ1v) is 6.87. The first kappa shape index (κ1) is 11.6. The fraction of sp³-hybridized carbons (Fsp3) is 0.250. The summed E-state index contributed by atoms with van der Waals surface area (Å²) in [5.41, 5.74) is 1.09. The van der Waals surface area contributed by atoms with Crippen LogP contribution in [0.15, 0.2) is 41.3 Å². The highest BCUT2D eigenvalue weighted by Gasteiger charge is 2.02. The molecule has 0 aliphatic heterocycles. The fourth-order valence-corrected chi connectivity index (χ4v) is 3.26. The molecule has 0 aliphatic carbocycles. The number of thioether (sulfide) groups is 1. The summed E-state index contributed by atoms with van der Waals surface area (Å²) in [7, 11) is 0. The Kier molecular flexibility index (Phi) is 4.39. The Bertz CT molecular complexity index is 434. The van der Waals surface area contributed by atoms with Gasteiger partial charge in [0.1, 0.15) is 0 Å². The van der Waals surface area contributed by atoms with Gasteiger partial charge in [-0.15, -0.1) is 17.9 Å². The molecule has 0 spiro atoms. The minimum Gasteiger partial charge on any atom is -0.377 e. The number of thiazole rings is 1. The Morgan fingerprint density at radius 2 is 2.31 bits per heavy atom. The number of benzene rings is 1. The molecule has 0 bridgehead atoms. The lowest BCUT2D eigenvalue weighted by atomic mass is 10.3. The SMILES string of the molecule is C=CCOCCSc1nc2ccccc2s1. The zero-order valence-corrected chi connectivity index (χ0v) is 10.5. The number of hydrogen-bond acceptors (Lipinski definition) is 4. The number of para-hydroxylation sites is 1. The summed E-state index contributed by atoms with van der Waals surface area (Å²) < 4.78 is 7.68. The van der Waals surface area contributed by atoms with Gasteiger partial charge in [-0.05, 0) is 12.1 Å². The highest BCUT2D eigenvalue weighted by Crippen LogP contribution is 2.28. The third kappa shape index (κ3) is 3.07. The molecule has 0 radical (unpaired) electrons. The van der Waals surface area contributed by atoms with E-state index in [9.17, 15) is 0 Å². The average Bonchev–Trinajstić information content (AvgIpc) is 2.71. The van der Waals surface area contributed by atoms with Gasteiger partial charge in [0.2, 0.25) is 0 Å². The Hall–Kier alpha value is -0.840.